The first kappa shape index (κ1) is 29.9. The minimum Gasteiger partial charge on any atom is -0.508 e. The number of esters is 1. The van der Waals surface area contributed by atoms with Crippen LogP contribution in [-0.2, 0) is 43.2 Å². The maximum atomic E-state index is 13.7. The molecule has 3 aromatic rings. The van der Waals surface area contributed by atoms with Crippen molar-refractivity contribution in [1.29, 1.82) is 0 Å². The van der Waals surface area contributed by atoms with Crippen LogP contribution in [0.4, 0.5) is 0 Å². The molecule has 3 amide bonds. The lowest BCUT2D eigenvalue weighted by molar-refractivity contribution is -0.147. The second-order valence-corrected chi connectivity index (χ2v) is 9.95. The van der Waals surface area contributed by atoms with Crippen LogP contribution in [0.25, 0.3) is 0 Å². The Morgan fingerprint density at radius 3 is 2.29 bits per heavy atom. The number of hydrogen-bond acceptors (Lipinski definition) is 8. The molecule has 5 N–H and O–H groups in total. The summed E-state index contributed by atoms with van der Waals surface area (Å²) in [6.45, 7) is 3.01. The van der Waals surface area contributed by atoms with Crippen LogP contribution in [0.3, 0.4) is 0 Å². The van der Waals surface area contributed by atoms with Crippen LogP contribution >= 0.6 is 0 Å². The van der Waals surface area contributed by atoms with Crippen molar-refractivity contribution in [2.24, 2.45) is 0 Å². The predicted molar refractivity (Wildman–Crippen MR) is 152 cm³/mol. The molecule has 2 aliphatic heterocycles. The molecule has 0 unspecified atom stereocenters. The lowest BCUT2D eigenvalue weighted by Crippen LogP contribution is -2.57. The average molecular weight is 576 g/mol. The molecule has 0 radical (unpaired) electrons. The summed E-state index contributed by atoms with van der Waals surface area (Å²) in [5.41, 5.74) is 1.92. The van der Waals surface area contributed by atoms with Gasteiger partial charge in [0.25, 0.3) is 0 Å². The normalized spacial score (nSPS) is 19.0. The molecule has 0 fully saturated rings. The van der Waals surface area contributed by atoms with Gasteiger partial charge in [-0.1, -0.05) is 30.3 Å². The van der Waals surface area contributed by atoms with E-state index in [0.29, 0.717) is 22.4 Å². The molecular formula is C31H33N3O8. The Balaban J connectivity index is 1.75. The van der Waals surface area contributed by atoms with Crippen molar-refractivity contribution >= 4 is 23.7 Å². The zero-order chi connectivity index (χ0) is 30.2. The summed E-state index contributed by atoms with van der Waals surface area (Å²) in [7, 11) is 0. The van der Waals surface area contributed by atoms with Gasteiger partial charge < -0.3 is 35.6 Å². The maximum absolute atomic E-state index is 13.7. The van der Waals surface area contributed by atoms with Crippen LogP contribution in [0.15, 0.2) is 66.7 Å². The molecule has 3 aromatic carbocycles. The van der Waals surface area contributed by atoms with Gasteiger partial charge in [0.15, 0.2) is 11.5 Å². The fraction of sp³-hybridized carbons (Fsp3) is 0.290. The first-order chi connectivity index (χ1) is 20.1. The number of hydrogen-bond donors (Lipinski definition) is 5. The first-order valence-electron chi connectivity index (χ1n) is 13.5. The molecule has 3 atom stereocenters. The molecule has 42 heavy (non-hydrogen) atoms. The fourth-order valence-corrected chi connectivity index (χ4v) is 4.57. The van der Waals surface area contributed by atoms with Gasteiger partial charge in [0.05, 0.1) is 6.61 Å². The number of phenols is 2. The number of carbonyl (C=O) groups excluding carboxylic acids is 4. The molecule has 0 aromatic heterocycles. The van der Waals surface area contributed by atoms with Gasteiger partial charge in [-0.25, -0.2) is 4.79 Å². The van der Waals surface area contributed by atoms with Crippen molar-refractivity contribution in [2.45, 2.75) is 51.2 Å². The van der Waals surface area contributed by atoms with Crippen molar-refractivity contribution in [3.05, 3.63) is 83.4 Å². The number of phenolic OH excluding ortho intramolecular Hbond substituents is 2. The molecule has 2 aliphatic rings. The second-order valence-electron chi connectivity index (χ2n) is 9.95. The number of amides is 3. The molecule has 0 saturated carbocycles. The molecule has 220 valence electrons. The van der Waals surface area contributed by atoms with Gasteiger partial charge in [-0.3, -0.25) is 14.4 Å². The SMILES string of the molecule is CCOC(=O)[C@@H]1Cc2ccc(O)c(c2)Oc2ccc(cc2)C[C@H](NC(C)=O)C(=O)N[C@@H](Cc2ccc(O)cc2)C(=O)N1. The maximum Gasteiger partial charge on any atom is 0.328 e. The van der Waals surface area contributed by atoms with Crippen molar-refractivity contribution in [3.8, 4) is 23.0 Å². The van der Waals surface area contributed by atoms with Gasteiger partial charge in [0.2, 0.25) is 17.7 Å². The molecule has 2 heterocycles. The number of aromatic hydroxyl groups is 2. The van der Waals surface area contributed by atoms with E-state index < -0.39 is 41.8 Å². The second kappa shape index (κ2) is 13.5. The summed E-state index contributed by atoms with van der Waals surface area (Å²) in [4.78, 5) is 52.1. The van der Waals surface area contributed by atoms with E-state index in [1.165, 1.54) is 25.1 Å². The van der Waals surface area contributed by atoms with E-state index in [0.717, 1.165) is 0 Å². The van der Waals surface area contributed by atoms with Gasteiger partial charge >= 0.3 is 5.97 Å². The van der Waals surface area contributed by atoms with E-state index in [2.05, 4.69) is 16.0 Å². The van der Waals surface area contributed by atoms with Gasteiger partial charge in [0.1, 0.15) is 29.6 Å². The van der Waals surface area contributed by atoms with Crippen molar-refractivity contribution in [2.75, 3.05) is 6.61 Å². The fourth-order valence-electron chi connectivity index (χ4n) is 4.57. The number of ether oxygens (including phenoxy) is 2. The number of benzene rings is 3. The van der Waals surface area contributed by atoms with Crippen LogP contribution in [0, 0.1) is 0 Å². The number of fused-ring (bicyclic) bond motifs is 10. The van der Waals surface area contributed by atoms with E-state index >= 15 is 0 Å². The molecular weight excluding hydrogens is 542 g/mol. The van der Waals surface area contributed by atoms with Gasteiger partial charge in [0, 0.05) is 26.2 Å². The quantitative estimate of drug-likeness (QED) is 0.289. The summed E-state index contributed by atoms with van der Waals surface area (Å²) < 4.78 is 11.1. The van der Waals surface area contributed by atoms with E-state index in [-0.39, 0.29) is 43.1 Å². The number of carbonyl (C=O) groups is 4. The van der Waals surface area contributed by atoms with Gasteiger partial charge in [-0.05, 0) is 60.0 Å². The van der Waals surface area contributed by atoms with E-state index in [4.69, 9.17) is 9.47 Å². The van der Waals surface area contributed by atoms with Crippen molar-refractivity contribution in [3.63, 3.8) is 0 Å². The van der Waals surface area contributed by atoms with Crippen LogP contribution in [0.5, 0.6) is 23.0 Å². The summed E-state index contributed by atoms with van der Waals surface area (Å²) in [5, 5.41) is 28.2. The lowest BCUT2D eigenvalue weighted by atomic mass is 10.0. The molecule has 5 rings (SSSR count). The minimum atomic E-state index is -1.15. The summed E-state index contributed by atoms with van der Waals surface area (Å²) in [6, 6.07) is 14.3. The molecule has 11 nitrogen and oxygen atoms in total. The Morgan fingerprint density at radius 1 is 0.929 bits per heavy atom. The van der Waals surface area contributed by atoms with E-state index in [9.17, 15) is 29.4 Å². The zero-order valence-corrected chi connectivity index (χ0v) is 23.3. The highest BCUT2D eigenvalue weighted by atomic mass is 16.5. The standard InChI is InChI=1S/C31H33N3O8/c1-3-41-31(40)26-16-21-8-13-27(37)28(17-21)42-23-11-6-20(7-12-23)14-24(32-18(2)35)29(38)33-25(30(39)34-26)15-19-4-9-22(36)10-5-19/h4-13,17,24-26,36-37H,3,14-16H2,1-2H3,(H,32,35)(H,33,38)(H,34,39)/t24-,25-,26-/m0/s1. The van der Waals surface area contributed by atoms with Crippen LogP contribution in [0.1, 0.15) is 30.5 Å². The Morgan fingerprint density at radius 2 is 1.62 bits per heavy atom. The third kappa shape index (κ3) is 8.00. The number of rotatable bonds is 5. The van der Waals surface area contributed by atoms with Crippen LogP contribution < -0.4 is 20.7 Å². The largest absolute Gasteiger partial charge is 0.508 e. The zero-order valence-electron chi connectivity index (χ0n) is 23.3. The third-order valence-electron chi connectivity index (χ3n) is 6.65. The van der Waals surface area contributed by atoms with Gasteiger partial charge in [-0.15, -0.1) is 0 Å². The van der Waals surface area contributed by atoms with E-state index in [1.54, 1.807) is 55.5 Å². The highest BCUT2D eigenvalue weighted by molar-refractivity contribution is 5.93. The molecule has 11 heteroatoms. The lowest BCUT2D eigenvalue weighted by Gasteiger charge is -2.25. The molecule has 0 saturated heterocycles. The van der Waals surface area contributed by atoms with Crippen LogP contribution in [0.2, 0.25) is 0 Å². The minimum absolute atomic E-state index is 0.00848. The Labute approximate surface area is 242 Å². The Kier molecular flexibility index (Phi) is 9.64. The molecule has 4 bridgehead atoms. The number of nitrogens with one attached hydrogen (secondary N) is 3. The Hall–Kier alpha value is -5.06. The smallest absolute Gasteiger partial charge is 0.328 e. The highest BCUT2D eigenvalue weighted by Gasteiger charge is 2.31. The predicted octanol–water partition coefficient (Wildman–Crippen LogP) is 2.27. The molecule has 0 spiro atoms. The Bertz CT molecular complexity index is 1440. The molecule has 0 aliphatic carbocycles. The van der Waals surface area contributed by atoms with E-state index in [1.807, 2.05) is 0 Å². The first-order valence-corrected chi connectivity index (χ1v) is 13.5. The average Bonchev–Trinajstić information content (AvgIpc) is 2.95. The highest BCUT2D eigenvalue weighted by Crippen LogP contribution is 2.32. The summed E-state index contributed by atoms with van der Waals surface area (Å²) in [5.74, 6) is -1.88. The van der Waals surface area contributed by atoms with Crippen LogP contribution in [-0.4, -0.2) is 58.6 Å². The monoisotopic (exact) mass is 575 g/mol. The van der Waals surface area contributed by atoms with Gasteiger partial charge in [-0.2, -0.15) is 0 Å². The summed E-state index contributed by atoms with van der Waals surface area (Å²) >= 11 is 0. The van der Waals surface area contributed by atoms with Crippen molar-refractivity contribution < 1.29 is 38.9 Å². The third-order valence-corrected chi connectivity index (χ3v) is 6.65. The summed E-state index contributed by atoms with van der Waals surface area (Å²) in [6.07, 6.45) is 0.159. The topological polar surface area (TPSA) is 163 Å². The van der Waals surface area contributed by atoms with Crippen molar-refractivity contribution in [1.82, 2.24) is 16.0 Å².